The van der Waals surface area contributed by atoms with Crippen LogP contribution in [-0.2, 0) is 11.3 Å². The van der Waals surface area contributed by atoms with Crippen molar-refractivity contribution in [2.75, 3.05) is 19.7 Å². The number of aromatic nitrogens is 2. The van der Waals surface area contributed by atoms with E-state index in [4.69, 9.17) is 4.74 Å². The van der Waals surface area contributed by atoms with E-state index >= 15 is 0 Å². The number of carbonyl (C=O) groups excluding carboxylic acids is 1. The Bertz CT molecular complexity index is 740. The second-order valence-electron chi connectivity index (χ2n) is 7.29. The molecule has 0 radical (unpaired) electrons. The van der Waals surface area contributed by atoms with Crippen LogP contribution in [0.5, 0.6) is 5.75 Å². The maximum absolute atomic E-state index is 12.5. The number of hydrogen-bond donors (Lipinski definition) is 1. The van der Waals surface area contributed by atoms with Crippen LogP contribution in [0.4, 0.5) is 0 Å². The van der Waals surface area contributed by atoms with E-state index in [0.29, 0.717) is 19.7 Å². The fraction of sp³-hybridized carbons (Fsp3) is 0.579. The number of benzene rings is 1. The lowest BCUT2D eigenvalue weighted by Gasteiger charge is -2.37. The highest BCUT2D eigenvalue weighted by molar-refractivity contribution is 5.81. The summed E-state index contributed by atoms with van der Waals surface area (Å²) in [6.07, 6.45) is 3.58. The third-order valence-corrected chi connectivity index (χ3v) is 4.98. The molecule has 1 aliphatic rings. The molecule has 2 heterocycles. The topological polar surface area (TPSA) is 67.6 Å². The minimum absolute atomic E-state index is 0.0760. The zero-order chi connectivity index (χ0) is 18.0. The average molecular weight is 345 g/mol. The molecule has 0 bridgehead atoms. The lowest BCUT2D eigenvalue weighted by atomic mass is 9.83. The van der Waals surface area contributed by atoms with Crippen molar-refractivity contribution < 1.29 is 14.6 Å². The van der Waals surface area contributed by atoms with E-state index < -0.39 is 5.60 Å². The first-order valence-electron chi connectivity index (χ1n) is 8.97. The third kappa shape index (κ3) is 4.12. The average Bonchev–Trinajstić information content (AvgIpc) is 2.96. The zero-order valence-corrected chi connectivity index (χ0v) is 15.2. The molecule has 6 heteroatoms. The van der Waals surface area contributed by atoms with Gasteiger partial charge in [0.1, 0.15) is 12.3 Å². The lowest BCUT2D eigenvalue weighted by molar-refractivity contribution is -0.134. The van der Waals surface area contributed by atoms with E-state index in [1.165, 1.54) is 0 Å². The third-order valence-electron chi connectivity index (χ3n) is 4.98. The number of aliphatic hydroxyl groups is 1. The highest BCUT2D eigenvalue weighted by atomic mass is 16.5. The first-order chi connectivity index (χ1) is 11.9. The number of ether oxygens (including phenoxy) is 1. The van der Waals surface area contributed by atoms with Crippen molar-refractivity contribution in [1.82, 2.24) is 14.7 Å². The normalized spacial score (nSPS) is 16.4. The maximum Gasteiger partial charge on any atom is 0.244 e. The minimum atomic E-state index is -0.673. The van der Waals surface area contributed by atoms with Gasteiger partial charge in [-0.3, -0.25) is 9.48 Å². The van der Waals surface area contributed by atoms with E-state index in [2.05, 4.69) is 5.10 Å². The molecule has 0 spiro atoms. The molecule has 0 unspecified atom stereocenters. The number of amides is 1. The molecule has 6 nitrogen and oxygen atoms in total. The minimum Gasteiger partial charge on any atom is -0.494 e. The van der Waals surface area contributed by atoms with Crippen LogP contribution in [0, 0.1) is 5.92 Å². The predicted octanol–water partition coefficient (Wildman–Crippen LogP) is 2.44. The molecule has 1 saturated heterocycles. The molecule has 0 atom stereocenters. The molecule has 25 heavy (non-hydrogen) atoms. The van der Waals surface area contributed by atoms with Crippen molar-refractivity contribution in [3.8, 4) is 5.75 Å². The molecule has 136 valence electrons. The van der Waals surface area contributed by atoms with E-state index in [1.807, 2.05) is 50.1 Å². The number of piperidine rings is 1. The van der Waals surface area contributed by atoms with Crippen LogP contribution in [0.25, 0.3) is 10.9 Å². The van der Waals surface area contributed by atoms with Gasteiger partial charge in [0.25, 0.3) is 0 Å². The molecule has 3 rings (SSSR count). The Morgan fingerprint density at radius 3 is 2.72 bits per heavy atom. The van der Waals surface area contributed by atoms with Crippen molar-refractivity contribution >= 4 is 16.8 Å². The number of likely N-dealkylation sites (tertiary alicyclic amines) is 1. The van der Waals surface area contributed by atoms with Crippen LogP contribution in [0.2, 0.25) is 0 Å². The van der Waals surface area contributed by atoms with Gasteiger partial charge in [-0.25, -0.2) is 0 Å². The van der Waals surface area contributed by atoms with Gasteiger partial charge in [0.15, 0.2) is 0 Å². The Labute approximate surface area is 148 Å². The molecule has 0 saturated carbocycles. The lowest BCUT2D eigenvalue weighted by Crippen LogP contribution is -2.45. The molecule has 2 aromatic rings. The largest absolute Gasteiger partial charge is 0.494 e. The van der Waals surface area contributed by atoms with Crippen molar-refractivity contribution in [2.24, 2.45) is 5.92 Å². The second-order valence-corrected chi connectivity index (χ2v) is 7.29. The highest BCUT2D eigenvalue weighted by Crippen LogP contribution is 2.28. The number of rotatable bonds is 5. The van der Waals surface area contributed by atoms with Crippen LogP contribution in [0.1, 0.15) is 33.6 Å². The van der Waals surface area contributed by atoms with E-state index in [1.54, 1.807) is 4.68 Å². The van der Waals surface area contributed by atoms with Gasteiger partial charge in [-0.05, 0) is 51.7 Å². The predicted molar refractivity (Wildman–Crippen MR) is 96.5 cm³/mol. The first-order valence-corrected chi connectivity index (χ1v) is 8.97. The van der Waals surface area contributed by atoms with Gasteiger partial charge in [-0.2, -0.15) is 5.10 Å². The Morgan fingerprint density at radius 2 is 2.08 bits per heavy atom. The summed E-state index contributed by atoms with van der Waals surface area (Å²) in [5.74, 6) is 1.12. The Balaban J connectivity index is 1.62. The molecule has 1 amide bonds. The molecular formula is C19H27N3O3. The van der Waals surface area contributed by atoms with Crippen molar-refractivity contribution in [3.63, 3.8) is 0 Å². The van der Waals surface area contributed by atoms with Crippen LogP contribution >= 0.6 is 0 Å². The van der Waals surface area contributed by atoms with Gasteiger partial charge in [0, 0.05) is 30.7 Å². The summed E-state index contributed by atoms with van der Waals surface area (Å²) in [5.41, 5.74) is 0.159. The Morgan fingerprint density at radius 1 is 1.36 bits per heavy atom. The summed E-state index contributed by atoms with van der Waals surface area (Å²) in [6, 6.07) is 5.78. The van der Waals surface area contributed by atoms with E-state index in [9.17, 15) is 9.90 Å². The van der Waals surface area contributed by atoms with Gasteiger partial charge in [-0.15, -0.1) is 0 Å². The molecule has 1 N–H and O–H groups in total. The number of nitrogens with zero attached hydrogens (tertiary/aromatic N) is 3. The van der Waals surface area contributed by atoms with Gasteiger partial charge >= 0.3 is 0 Å². The number of fused-ring (bicyclic) bond motifs is 1. The summed E-state index contributed by atoms with van der Waals surface area (Å²) in [6.45, 7) is 7.90. The Hall–Kier alpha value is -2.08. The fourth-order valence-electron chi connectivity index (χ4n) is 3.46. The summed E-state index contributed by atoms with van der Waals surface area (Å²) in [5, 5.41) is 15.6. The van der Waals surface area contributed by atoms with Gasteiger partial charge < -0.3 is 14.7 Å². The summed E-state index contributed by atoms with van der Waals surface area (Å²) >= 11 is 0. The standard InChI is InChI=1S/C19H27N3O3/c1-4-25-16-6-5-14-12-22(20-17(14)11-16)13-18(23)21-9-7-15(8-10-21)19(2,3)24/h5-6,11-12,15,24H,4,7-10,13H2,1-3H3. The first kappa shape index (κ1) is 17.7. The van der Waals surface area contributed by atoms with Gasteiger partial charge in [0.2, 0.25) is 5.91 Å². The molecular weight excluding hydrogens is 318 g/mol. The molecule has 0 aliphatic carbocycles. The SMILES string of the molecule is CCOc1ccc2cn(CC(=O)N3CCC(C(C)(C)O)CC3)nc2c1. The highest BCUT2D eigenvalue weighted by Gasteiger charge is 2.31. The number of hydrogen-bond acceptors (Lipinski definition) is 4. The van der Waals surface area contributed by atoms with Crippen LogP contribution in [-0.4, -0.2) is 51.0 Å². The van der Waals surface area contributed by atoms with Crippen LogP contribution < -0.4 is 4.74 Å². The van der Waals surface area contributed by atoms with Crippen molar-refractivity contribution in [1.29, 1.82) is 0 Å². The van der Waals surface area contributed by atoms with Crippen LogP contribution in [0.3, 0.4) is 0 Å². The Kier molecular flexibility index (Phi) is 4.99. The maximum atomic E-state index is 12.5. The summed E-state index contributed by atoms with van der Waals surface area (Å²) < 4.78 is 7.19. The fourth-order valence-corrected chi connectivity index (χ4v) is 3.46. The summed E-state index contributed by atoms with van der Waals surface area (Å²) in [7, 11) is 0. The van der Waals surface area contributed by atoms with Gasteiger partial charge in [0.05, 0.1) is 17.7 Å². The number of carbonyl (C=O) groups is 1. The smallest absolute Gasteiger partial charge is 0.244 e. The van der Waals surface area contributed by atoms with E-state index in [0.717, 1.165) is 29.5 Å². The second kappa shape index (κ2) is 7.04. The molecule has 1 fully saturated rings. The van der Waals surface area contributed by atoms with Gasteiger partial charge in [-0.1, -0.05) is 0 Å². The van der Waals surface area contributed by atoms with Crippen molar-refractivity contribution in [2.45, 2.75) is 45.8 Å². The molecule has 1 aliphatic heterocycles. The zero-order valence-electron chi connectivity index (χ0n) is 15.2. The molecule has 1 aromatic carbocycles. The van der Waals surface area contributed by atoms with Crippen molar-refractivity contribution in [3.05, 3.63) is 24.4 Å². The monoisotopic (exact) mass is 345 g/mol. The van der Waals surface area contributed by atoms with Crippen LogP contribution in [0.15, 0.2) is 24.4 Å². The molecule has 1 aromatic heterocycles. The quantitative estimate of drug-likeness (QED) is 0.904. The summed E-state index contributed by atoms with van der Waals surface area (Å²) in [4.78, 5) is 14.4. The van der Waals surface area contributed by atoms with E-state index in [-0.39, 0.29) is 18.4 Å².